The summed E-state index contributed by atoms with van der Waals surface area (Å²) >= 11 is 0. The number of ether oxygens (including phenoxy) is 2. The standard InChI is InChI=1S/C12H23NO3.2CH4/c1-4-12(2,3)11(14)16-10-7-13-5-8-15-9-6-13;;/h4-10H2,1-3H3;2*1H4. The van der Waals surface area contributed by atoms with Crippen LogP contribution in [0, 0.1) is 5.41 Å². The van der Waals surface area contributed by atoms with Gasteiger partial charge in [-0.3, -0.25) is 9.69 Å². The van der Waals surface area contributed by atoms with Crippen molar-refractivity contribution in [1.29, 1.82) is 0 Å². The number of carbonyl (C=O) groups is 1. The van der Waals surface area contributed by atoms with Gasteiger partial charge in [-0.1, -0.05) is 21.8 Å². The summed E-state index contributed by atoms with van der Waals surface area (Å²) in [4.78, 5) is 13.9. The van der Waals surface area contributed by atoms with Crippen LogP contribution in [0.5, 0.6) is 0 Å². The van der Waals surface area contributed by atoms with E-state index in [2.05, 4.69) is 4.90 Å². The largest absolute Gasteiger partial charge is 0.464 e. The van der Waals surface area contributed by atoms with Crippen LogP contribution in [-0.4, -0.2) is 50.3 Å². The summed E-state index contributed by atoms with van der Waals surface area (Å²) in [6.45, 7) is 10.6. The van der Waals surface area contributed by atoms with Gasteiger partial charge >= 0.3 is 5.97 Å². The second-order valence-electron chi connectivity index (χ2n) is 4.83. The van der Waals surface area contributed by atoms with Crippen molar-refractivity contribution in [1.82, 2.24) is 4.90 Å². The molecule has 1 rings (SSSR count). The molecule has 0 radical (unpaired) electrons. The number of carbonyl (C=O) groups excluding carboxylic acids is 1. The van der Waals surface area contributed by atoms with E-state index < -0.39 is 0 Å². The van der Waals surface area contributed by atoms with Crippen LogP contribution in [0.4, 0.5) is 0 Å². The predicted molar refractivity (Wildman–Crippen MR) is 75.8 cm³/mol. The van der Waals surface area contributed by atoms with Crippen molar-refractivity contribution in [2.24, 2.45) is 5.41 Å². The SMILES string of the molecule is C.C.CCC(C)(C)C(=O)OCCN1CCOCC1. The number of hydrogen-bond acceptors (Lipinski definition) is 4. The summed E-state index contributed by atoms with van der Waals surface area (Å²) in [6.07, 6.45) is 0.809. The molecule has 18 heavy (non-hydrogen) atoms. The van der Waals surface area contributed by atoms with Crippen LogP contribution in [0.3, 0.4) is 0 Å². The van der Waals surface area contributed by atoms with Crippen LogP contribution < -0.4 is 0 Å². The van der Waals surface area contributed by atoms with Crippen molar-refractivity contribution in [2.45, 2.75) is 42.0 Å². The highest BCUT2D eigenvalue weighted by atomic mass is 16.5. The maximum atomic E-state index is 11.7. The van der Waals surface area contributed by atoms with E-state index in [1.165, 1.54) is 0 Å². The van der Waals surface area contributed by atoms with Crippen LogP contribution in [-0.2, 0) is 14.3 Å². The third-order valence-electron chi connectivity index (χ3n) is 3.18. The van der Waals surface area contributed by atoms with E-state index in [1.54, 1.807) is 0 Å². The summed E-state index contributed by atoms with van der Waals surface area (Å²) < 4.78 is 10.5. The molecule has 0 spiro atoms. The molecule has 0 aromatic heterocycles. The molecule has 0 bridgehead atoms. The molecule has 1 aliphatic heterocycles. The highest BCUT2D eigenvalue weighted by molar-refractivity contribution is 5.75. The highest BCUT2D eigenvalue weighted by Gasteiger charge is 2.27. The number of nitrogens with zero attached hydrogens (tertiary/aromatic N) is 1. The minimum Gasteiger partial charge on any atom is -0.464 e. The van der Waals surface area contributed by atoms with Crippen molar-refractivity contribution < 1.29 is 14.3 Å². The molecule has 1 heterocycles. The topological polar surface area (TPSA) is 38.8 Å². The van der Waals surface area contributed by atoms with E-state index in [4.69, 9.17) is 9.47 Å². The summed E-state index contributed by atoms with van der Waals surface area (Å²) in [5, 5.41) is 0. The lowest BCUT2D eigenvalue weighted by molar-refractivity contribution is -0.154. The monoisotopic (exact) mass is 261 g/mol. The summed E-state index contributed by atoms with van der Waals surface area (Å²) in [5.41, 5.74) is -0.356. The maximum Gasteiger partial charge on any atom is 0.311 e. The number of hydrogen-bond donors (Lipinski definition) is 0. The molecule has 1 fully saturated rings. The van der Waals surface area contributed by atoms with Gasteiger partial charge in [-0.25, -0.2) is 0 Å². The first-order valence-corrected chi connectivity index (χ1v) is 6.03. The number of esters is 1. The molecule has 0 aromatic carbocycles. The molecule has 0 atom stereocenters. The third kappa shape index (κ3) is 6.36. The first kappa shape index (κ1) is 19.7. The maximum absolute atomic E-state index is 11.7. The molecular formula is C14H31NO3. The number of rotatable bonds is 5. The normalized spacial score (nSPS) is 16.4. The molecule has 110 valence electrons. The van der Waals surface area contributed by atoms with E-state index in [0.717, 1.165) is 39.3 Å². The van der Waals surface area contributed by atoms with Crippen molar-refractivity contribution in [3.63, 3.8) is 0 Å². The molecule has 1 aliphatic rings. The Kier molecular flexibility index (Phi) is 10.2. The van der Waals surface area contributed by atoms with Gasteiger partial charge < -0.3 is 9.47 Å². The van der Waals surface area contributed by atoms with Gasteiger partial charge in [0.15, 0.2) is 0 Å². The Morgan fingerprint density at radius 2 is 1.83 bits per heavy atom. The van der Waals surface area contributed by atoms with Crippen LogP contribution in [0.1, 0.15) is 42.0 Å². The molecule has 0 amide bonds. The first-order valence-electron chi connectivity index (χ1n) is 6.03. The lowest BCUT2D eigenvalue weighted by atomic mass is 9.91. The smallest absolute Gasteiger partial charge is 0.311 e. The molecule has 0 N–H and O–H groups in total. The first-order chi connectivity index (χ1) is 7.56. The molecule has 0 aromatic rings. The quantitative estimate of drug-likeness (QED) is 0.713. The molecule has 0 saturated carbocycles. The van der Waals surface area contributed by atoms with E-state index in [-0.39, 0.29) is 26.2 Å². The van der Waals surface area contributed by atoms with Gasteiger partial charge in [0.2, 0.25) is 0 Å². The molecule has 4 nitrogen and oxygen atoms in total. The van der Waals surface area contributed by atoms with Gasteiger partial charge in [-0.2, -0.15) is 0 Å². The fourth-order valence-corrected chi connectivity index (χ4v) is 1.43. The molecule has 1 saturated heterocycles. The Labute approximate surface area is 113 Å². The highest BCUT2D eigenvalue weighted by Crippen LogP contribution is 2.21. The second kappa shape index (κ2) is 9.34. The fraction of sp³-hybridized carbons (Fsp3) is 0.929. The minimum atomic E-state index is -0.356. The predicted octanol–water partition coefficient (Wildman–Crippen LogP) is 2.57. The average molecular weight is 261 g/mol. The summed E-state index contributed by atoms with van der Waals surface area (Å²) in [6, 6.07) is 0. The third-order valence-corrected chi connectivity index (χ3v) is 3.18. The van der Waals surface area contributed by atoms with Gasteiger partial charge in [-0.05, 0) is 20.3 Å². The zero-order valence-electron chi connectivity index (χ0n) is 10.6. The number of morpholine rings is 1. The van der Waals surface area contributed by atoms with Crippen molar-refractivity contribution in [3.05, 3.63) is 0 Å². The van der Waals surface area contributed by atoms with Gasteiger partial charge in [0.25, 0.3) is 0 Å². The Hall–Kier alpha value is -0.610. The van der Waals surface area contributed by atoms with Gasteiger partial charge in [0.1, 0.15) is 6.61 Å². The summed E-state index contributed by atoms with van der Waals surface area (Å²) in [5.74, 6) is -0.0942. The van der Waals surface area contributed by atoms with Crippen molar-refractivity contribution in [2.75, 3.05) is 39.5 Å². The Balaban J connectivity index is 0. The van der Waals surface area contributed by atoms with Crippen LogP contribution in [0.15, 0.2) is 0 Å². The lowest BCUT2D eigenvalue weighted by Crippen LogP contribution is -2.39. The Morgan fingerprint density at radius 3 is 2.33 bits per heavy atom. The molecule has 0 unspecified atom stereocenters. The fourth-order valence-electron chi connectivity index (χ4n) is 1.43. The van der Waals surface area contributed by atoms with E-state index in [9.17, 15) is 4.79 Å². The zero-order chi connectivity index (χ0) is 12.0. The Bertz CT molecular complexity index is 223. The zero-order valence-corrected chi connectivity index (χ0v) is 10.6. The van der Waals surface area contributed by atoms with Crippen LogP contribution >= 0.6 is 0 Å². The van der Waals surface area contributed by atoms with Crippen LogP contribution in [0.2, 0.25) is 0 Å². The van der Waals surface area contributed by atoms with E-state index in [0.29, 0.717) is 6.61 Å². The van der Waals surface area contributed by atoms with Crippen LogP contribution in [0.25, 0.3) is 0 Å². The van der Waals surface area contributed by atoms with Crippen molar-refractivity contribution >= 4 is 5.97 Å². The average Bonchev–Trinajstić information content (AvgIpc) is 2.30. The minimum absolute atomic E-state index is 0. The van der Waals surface area contributed by atoms with Crippen molar-refractivity contribution in [3.8, 4) is 0 Å². The van der Waals surface area contributed by atoms with E-state index in [1.807, 2.05) is 20.8 Å². The molecular weight excluding hydrogens is 230 g/mol. The lowest BCUT2D eigenvalue weighted by Gasteiger charge is -2.27. The van der Waals surface area contributed by atoms with Gasteiger partial charge in [0.05, 0.1) is 18.6 Å². The summed E-state index contributed by atoms with van der Waals surface area (Å²) in [7, 11) is 0. The molecule has 0 aliphatic carbocycles. The van der Waals surface area contributed by atoms with Gasteiger partial charge in [-0.15, -0.1) is 0 Å². The Morgan fingerprint density at radius 1 is 1.28 bits per heavy atom. The second-order valence-corrected chi connectivity index (χ2v) is 4.83. The molecule has 4 heteroatoms. The van der Waals surface area contributed by atoms with E-state index >= 15 is 0 Å². The van der Waals surface area contributed by atoms with Gasteiger partial charge in [0, 0.05) is 19.6 Å².